The largest absolute Gasteiger partial charge is 2.00 e. The Morgan fingerprint density at radius 2 is 1.43 bits per heavy atom. The third kappa shape index (κ3) is 21.4. The van der Waals surface area contributed by atoms with Crippen LogP contribution in [0.15, 0.2) is 136 Å². The molecule has 2 saturated heterocycles. The van der Waals surface area contributed by atoms with Crippen LogP contribution in [0.1, 0.15) is 111 Å². The maximum atomic E-state index is 14.4. The van der Waals surface area contributed by atoms with E-state index in [1.807, 2.05) is 26.8 Å². The fourth-order valence-corrected chi connectivity index (χ4v) is 12.3. The minimum absolute atomic E-state index is 0. The molecule has 12 N–H and O–H groups in total. The number of aliphatic imine (C=N–C) groups is 5. The van der Waals surface area contributed by atoms with E-state index in [0.29, 0.717) is 51.5 Å². The smallest absolute Gasteiger partial charge is 0.875 e. The van der Waals surface area contributed by atoms with Crippen LogP contribution in [0.2, 0.25) is 0 Å². The zero-order valence-electron chi connectivity index (χ0n) is 54.8. The van der Waals surface area contributed by atoms with Gasteiger partial charge in [0.05, 0.1) is 77.4 Å². The Morgan fingerprint density at radius 3 is 2.07 bits per heavy atom. The van der Waals surface area contributed by atoms with Crippen molar-refractivity contribution in [3.8, 4) is 0 Å². The number of nitrogens with one attached hydrogen (secondary N) is 7. The number of nitrogens with two attached hydrogens (primary N) is 2. The number of carboxylic acid groups (broad SMARTS) is 1. The number of carbonyl (C=O) groups excluding carboxylic acids is 7. The molecule has 514 valence electrons. The van der Waals surface area contributed by atoms with Crippen LogP contribution in [0.4, 0.5) is 0 Å². The van der Waals surface area contributed by atoms with Crippen molar-refractivity contribution in [3.05, 3.63) is 116 Å². The molecule has 6 amide bonds. The molecule has 96 heavy (non-hydrogen) atoms. The second-order valence-electron chi connectivity index (χ2n) is 23.7. The minimum Gasteiger partial charge on any atom is -0.875 e. The van der Waals surface area contributed by atoms with Crippen LogP contribution in [0, 0.1) is 23.7 Å². The van der Waals surface area contributed by atoms with Gasteiger partial charge in [-0.1, -0.05) is 58.0 Å². The number of amides is 6. The Balaban J connectivity index is 0.00000833. The van der Waals surface area contributed by atoms with Gasteiger partial charge in [-0.15, -0.1) is 5.76 Å². The van der Waals surface area contributed by atoms with Crippen LogP contribution in [0.25, 0.3) is 0 Å². The van der Waals surface area contributed by atoms with E-state index in [1.165, 1.54) is 14.0 Å². The predicted octanol–water partition coefficient (Wildman–Crippen LogP) is -3.21. The van der Waals surface area contributed by atoms with Crippen LogP contribution in [0.3, 0.4) is 0 Å². The van der Waals surface area contributed by atoms with Crippen LogP contribution >= 0.6 is 0 Å². The summed E-state index contributed by atoms with van der Waals surface area (Å²) in [5.41, 5.74) is 16.5. The van der Waals surface area contributed by atoms with Gasteiger partial charge in [0.15, 0.2) is 5.96 Å². The van der Waals surface area contributed by atoms with Gasteiger partial charge in [0.1, 0.15) is 24.2 Å². The second kappa shape index (κ2) is 36.3. The van der Waals surface area contributed by atoms with Crippen molar-refractivity contribution in [1.82, 2.24) is 37.2 Å². The quantitative estimate of drug-likeness (QED) is 0.00980. The van der Waals surface area contributed by atoms with Gasteiger partial charge in [-0.05, 0) is 105 Å². The SMILES string of the molecule is CC[C@H]1C2=CC3=NC(=C(CC(=O)OC)C4=NC(=CC5=C(C)/C(=C(/C)[O-])C(=N5)C=C(N2)[C@@H]1C)[C@@H](C)[C@@H]4CCC(=O)NCCCC[C@@H]1NC(=O)[C@@H](Cc2ccccc2)NC(=O)[C@H](CC(=O)O)NC(=O)CNC(=O)[C@H](CCCN=C(N)N)NC1=O)C(C([O-])=NCCS(=O)(=O)[O-])=C3C.[K+].[Pd+2]. The molecule has 0 radical (unpaired) electrons. The summed E-state index contributed by atoms with van der Waals surface area (Å²) >= 11 is 0. The molecule has 0 saturated carbocycles. The molecule has 32 heteroatoms. The second-order valence-corrected chi connectivity index (χ2v) is 25.2. The Hall–Kier alpha value is -7.28. The number of hydrogen-bond acceptors (Lipinski definition) is 20. The van der Waals surface area contributed by atoms with Crippen LogP contribution in [-0.2, 0) is 80.1 Å². The zero-order valence-corrected chi connectivity index (χ0v) is 60.3. The van der Waals surface area contributed by atoms with E-state index in [9.17, 15) is 66.6 Å². The number of carboxylic acids is 1. The number of rotatable bonds is 23. The van der Waals surface area contributed by atoms with Gasteiger partial charge in [0.25, 0.3) is 0 Å². The minimum atomic E-state index is -4.78. The number of aliphatic carboxylic acids is 1. The summed E-state index contributed by atoms with van der Waals surface area (Å²) < 4.78 is 40.2. The number of guanidine groups is 1. The van der Waals surface area contributed by atoms with E-state index in [4.69, 9.17) is 31.2 Å². The first-order valence-electron chi connectivity index (χ1n) is 31.1. The van der Waals surface area contributed by atoms with Crippen molar-refractivity contribution < 1.29 is 143 Å². The van der Waals surface area contributed by atoms with E-state index in [-0.39, 0.29) is 182 Å². The van der Waals surface area contributed by atoms with Gasteiger partial charge >= 0.3 is 83.7 Å². The zero-order chi connectivity index (χ0) is 68.7. The number of nitrogens with zero attached hydrogens (tertiary/aromatic N) is 5. The summed E-state index contributed by atoms with van der Waals surface area (Å²) in [5, 5.41) is 56.5. The van der Waals surface area contributed by atoms with Crippen molar-refractivity contribution >= 4 is 86.5 Å². The first-order chi connectivity index (χ1) is 44.6. The fraction of sp³-hybridized carbons (Fsp3) is 0.484. The van der Waals surface area contributed by atoms with Crippen molar-refractivity contribution in [1.29, 1.82) is 0 Å². The summed E-state index contributed by atoms with van der Waals surface area (Å²) in [6, 6.07) is 2.75. The molecule has 8 atom stereocenters. The monoisotopic (exact) mass is 1460 g/mol. The molecule has 7 rings (SSSR count). The first kappa shape index (κ1) is 79.4. The molecule has 29 nitrogen and oxygen atoms in total. The number of methoxy groups -OCH3 is 1. The summed E-state index contributed by atoms with van der Waals surface area (Å²) in [7, 11) is -3.59. The maximum Gasteiger partial charge on any atom is 2.00 e. The number of carbonyl (C=O) groups is 8. The van der Waals surface area contributed by atoms with Crippen LogP contribution < -0.4 is 110 Å². The van der Waals surface area contributed by atoms with Gasteiger partial charge in [-0.3, -0.25) is 53.3 Å². The standard InChI is InChI=1S/C64H84N14O15S.K.Pd/c1-8-38-32(2)43-29-48-55(36(6)79)34(4)45(72-48)27-44-33(3)39(57(74-44)40(26-54(84)93-7)58-56(63(89)68-23-24-94(90,91)92)35(5)46(75-58)28-47(38)71-43)19-20-51(80)67-21-13-12-17-42-60(86)76-41(18-14-22-69-64(65)66)59(85)70-31-52(81)73-50(30-53(82)83)62(88)78-49(61(87)77-42)25-37-15-10-9-11-16-37;;/h9-11,15-16,27-29,32-33,38-39,41-42,49-50,71,79H,8,12-14,17-26,30-31H2,1-7H3,(H,67,80)(H,68,89)(H,70,85)(H,73,81)(H,76,86)(H,77,87)(H,78,88)(H,82,83)(H4,65,66,69)(H,90,91,92);;/q;+1;+2/p-3/b43-29?,44-27?,47-28?,55-36+,58-40?;;/t32-,33+,38-,39+,41+,42+,49-,50+;;/m1../s1. The van der Waals surface area contributed by atoms with Gasteiger partial charge in [0.2, 0.25) is 35.4 Å². The fourth-order valence-electron chi connectivity index (χ4n) is 12.0. The van der Waals surface area contributed by atoms with E-state index < -0.39 is 131 Å². The van der Waals surface area contributed by atoms with Crippen molar-refractivity contribution in [2.75, 3.05) is 39.0 Å². The molecule has 6 heterocycles. The van der Waals surface area contributed by atoms with Crippen molar-refractivity contribution in [3.63, 3.8) is 0 Å². The van der Waals surface area contributed by atoms with Crippen LogP contribution in [0.5, 0.6) is 0 Å². The molecule has 0 aliphatic carbocycles. The number of ether oxygens (including phenoxy) is 1. The number of unbranched alkanes of at least 4 members (excludes halogenated alkanes) is 1. The predicted molar refractivity (Wildman–Crippen MR) is 343 cm³/mol. The number of fused-ring (bicyclic) bond motifs is 5. The van der Waals surface area contributed by atoms with Gasteiger partial charge in [-0.25, -0.2) is 18.4 Å². The molecule has 8 bridgehead atoms. The van der Waals surface area contributed by atoms with Crippen molar-refractivity contribution in [2.24, 2.45) is 60.1 Å². The van der Waals surface area contributed by atoms with Gasteiger partial charge in [0, 0.05) is 77.8 Å². The average Bonchev–Trinajstić information content (AvgIpc) is 1.61. The number of allylic oxidation sites excluding steroid dienone is 10. The van der Waals surface area contributed by atoms with Gasteiger partial charge < -0.3 is 73.3 Å². The molecule has 2 fully saturated rings. The van der Waals surface area contributed by atoms with Crippen LogP contribution in [-0.4, -0.2) is 158 Å². The first-order valence-corrected chi connectivity index (χ1v) is 32.7. The normalized spacial score (nSPS) is 23.8. The van der Waals surface area contributed by atoms with Crippen molar-refractivity contribution in [2.45, 2.75) is 136 Å². The summed E-state index contributed by atoms with van der Waals surface area (Å²) in [6.45, 7) is 9.57. The molecule has 1 aromatic rings. The summed E-state index contributed by atoms with van der Waals surface area (Å²) in [6.07, 6.45) is 5.03. The topological polar surface area (TPSA) is 467 Å². The number of esters is 1. The maximum absolute atomic E-state index is 14.4. The molecule has 6 aliphatic rings. The molecule has 0 unspecified atom stereocenters. The summed E-state index contributed by atoms with van der Waals surface area (Å²) in [4.78, 5) is 132. The Labute approximate surface area is 613 Å². The van der Waals surface area contributed by atoms with E-state index in [1.54, 1.807) is 56.3 Å². The number of benzene rings is 1. The van der Waals surface area contributed by atoms with E-state index >= 15 is 0 Å². The molecule has 0 spiro atoms. The molecule has 0 aromatic heterocycles. The third-order valence-corrected chi connectivity index (χ3v) is 17.7. The molecular formula is C64H81KN14O15PdS. The Morgan fingerprint density at radius 1 is 0.781 bits per heavy atom. The van der Waals surface area contributed by atoms with E-state index in [0.717, 1.165) is 11.4 Å². The molecular weight excluding hydrogens is 1380 g/mol. The molecule has 6 aliphatic heterocycles. The average molecular weight is 1460 g/mol. The molecule has 1 aromatic carbocycles. The Kier molecular flexibility index (Phi) is 30.1. The Bertz CT molecular complexity index is 3710. The number of hydrogen-bond donors (Lipinski definition) is 10. The van der Waals surface area contributed by atoms with Gasteiger partial charge in [-0.2, -0.15) is 0 Å². The van der Waals surface area contributed by atoms with E-state index in [2.05, 4.69) is 47.2 Å². The third-order valence-electron chi connectivity index (χ3n) is 17.1. The summed E-state index contributed by atoms with van der Waals surface area (Å²) in [5.74, 6) is -10.7.